The van der Waals surface area contributed by atoms with E-state index in [1.54, 1.807) is 6.92 Å². The minimum absolute atomic E-state index is 0.165. The largest absolute Gasteiger partial charge is 0.463 e. The van der Waals surface area contributed by atoms with Crippen molar-refractivity contribution >= 4 is 12.4 Å². The van der Waals surface area contributed by atoms with Crippen LogP contribution in [0.1, 0.15) is 40.0 Å². The van der Waals surface area contributed by atoms with E-state index in [4.69, 9.17) is 4.74 Å². The Labute approximate surface area is 96.2 Å². The number of hydrogen-bond acceptors (Lipinski definition) is 4. The first-order valence-corrected chi connectivity index (χ1v) is 5.54. The SMILES string of the molecule is CCC(O)CC(CC(C)OC(C)=O)NC=O. The van der Waals surface area contributed by atoms with Crippen LogP contribution in [-0.2, 0) is 14.3 Å². The van der Waals surface area contributed by atoms with Crippen molar-refractivity contribution in [1.29, 1.82) is 0 Å². The zero-order valence-corrected chi connectivity index (χ0v) is 10.1. The zero-order chi connectivity index (χ0) is 12.6. The Balaban J connectivity index is 4.10. The number of hydrogen-bond donors (Lipinski definition) is 2. The second kappa shape index (κ2) is 8.10. The standard InChI is InChI=1S/C11H21NO4/c1-4-11(15)6-10(12-7-13)5-8(2)16-9(3)14/h7-8,10-11,15H,4-6H2,1-3H3,(H,12,13). The molecule has 0 aliphatic rings. The monoisotopic (exact) mass is 231 g/mol. The number of aliphatic hydroxyl groups is 1. The summed E-state index contributed by atoms with van der Waals surface area (Å²) in [7, 11) is 0. The van der Waals surface area contributed by atoms with Crippen molar-refractivity contribution < 1.29 is 19.4 Å². The molecule has 5 heteroatoms. The summed E-state index contributed by atoms with van der Waals surface area (Å²) in [5, 5.41) is 12.1. The van der Waals surface area contributed by atoms with E-state index in [-0.39, 0.29) is 18.1 Å². The summed E-state index contributed by atoms with van der Waals surface area (Å²) in [4.78, 5) is 21.1. The molecule has 0 saturated carbocycles. The lowest BCUT2D eigenvalue weighted by molar-refractivity contribution is -0.146. The average molecular weight is 231 g/mol. The van der Waals surface area contributed by atoms with E-state index >= 15 is 0 Å². The van der Waals surface area contributed by atoms with Crippen LogP contribution in [0, 0.1) is 0 Å². The first-order valence-electron chi connectivity index (χ1n) is 5.54. The van der Waals surface area contributed by atoms with Crippen LogP contribution in [0.5, 0.6) is 0 Å². The number of amides is 1. The van der Waals surface area contributed by atoms with Gasteiger partial charge in [0.25, 0.3) is 0 Å². The van der Waals surface area contributed by atoms with Gasteiger partial charge in [0.15, 0.2) is 0 Å². The fourth-order valence-corrected chi connectivity index (χ4v) is 1.56. The van der Waals surface area contributed by atoms with Crippen LogP contribution in [0.25, 0.3) is 0 Å². The Kier molecular flexibility index (Phi) is 7.54. The number of aliphatic hydroxyl groups excluding tert-OH is 1. The molecule has 0 aromatic carbocycles. The molecule has 0 aliphatic heterocycles. The number of esters is 1. The van der Waals surface area contributed by atoms with E-state index in [2.05, 4.69) is 5.32 Å². The van der Waals surface area contributed by atoms with Gasteiger partial charge in [0.05, 0.1) is 6.10 Å². The lowest BCUT2D eigenvalue weighted by Gasteiger charge is -2.22. The number of carbonyl (C=O) groups is 2. The van der Waals surface area contributed by atoms with E-state index in [0.717, 1.165) is 0 Å². The topological polar surface area (TPSA) is 75.6 Å². The minimum Gasteiger partial charge on any atom is -0.463 e. The highest BCUT2D eigenvalue weighted by Gasteiger charge is 2.17. The Morgan fingerprint density at radius 3 is 2.56 bits per heavy atom. The number of rotatable bonds is 8. The van der Waals surface area contributed by atoms with Crippen molar-refractivity contribution in [3.05, 3.63) is 0 Å². The van der Waals surface area contributed by atoms with Gasteiger partial charge < -0.3 is 15.2 Å². The van der Waals surface area contributed by atoms with Crippen LogP contribution in [0.2, 0.25) is 0 Å². The first kappa shape index (κ1) is 14.9. The highest BCUT2D eigenvalue weighted by Crippen LogP contribution is 2.10. The molecule has 94 valence electrons. The first-order chi connectivity index (χ1) is 7.49. The van der Waals surface area contributed by atoms with Gasteiger partial charge in [0, 0.05) is 19.4 Å². The summed E-state index contributed by atoms with van der Waals surface area (Å²) in [5.74, 6) is -0.339. The van der Waals surface area contributed by atoms with Crippen LogP contribution in [0.4, 0.5) is 0 Å². The zero-order valence-electron chi connectivity index (χ0n) is 10.1. The van der Waals surface area contributed by atoms with Crippen LogP contribution in [0.3, 0.4) is 0 Å². The normalized spacial score (nSPS) is 16.0. The maximum Gasteiger partial charge on any atom is 0.302 e. The molecule has 0 fully saturated rings. The van der Waals surface area contributed by atoms with Crippen molar-refractivity contribution in [1.82, 2.24) is 5.32 Å². The van der Waals surface area contributed by atoms with Gasteiger partial charge in [-0.15, -0.1) is 0 Å². The van der Waals surface area contributed by atoms with Gasteiger partial charge in [-0.1, -0.05) is 6.92 Å². The molecule has 0 bridgehead atoms. The second-order valence-corrected chi connectivity index (χ2v) is 3.93. The van der Waals surface area contributed by atoms with E-state index in [1.165, 1.54) is 6.92 Å². The van der Waals surface area contributed by atoms with Crippen molar-refractivity contribution in [2.75, 3.05) is 0 Å². The molecule has 0 aromatic rings. The summed E-state index contributed by atoms with van der Waals surface area (Å²) < 4.78 is 4.97. The Bertz CT molecular complexity index is 220. The molecule has 0 radical (unpaired) electrons. The molecule has 0 rings (SSSR count). The molecule has 2 N–H and O–H groups in total. The molecular weight excluding hydrogens is 210 g/mol. The highest BCUT2D eigenvalue weighted by molar-refractivity contribution is 5.66. The molecule has 0 aliphatic carbocycles. The summed E-state index contributed by atoms with van der Waals surface area (Å²) in [5.41, 5.74) is 0. The van der Waals surface area contributed by atoms with Gasteiger partial charge in [0.1, 0.15) is 6.10 Å². The van der Waals surface area contributed by atoms with Crippen molar-refractivity contribution in [2.45, 2.75) is 58.3 Å². The predicted octanol–water partition coefficient (Wildman–Crippen LogP) is 0.604. The van der Waals surface area contributed by atoms with Crippen LogP contribution in [-0.4, -0.2) is 35.7 Å². The Morgan fingerprint density at radius 2 is 2.12 bits per heavy atom. The molecule has 16 heavy (non-hydrogen) atoms. The fourth-order valence-electron chi connectivity index (χ4n) is 1.56. The van der Waals surface area contributed by atoms with Gasteiger partial charge in [-0.3, -0.25) is 9.59 Å². The second-order valence-electron chi connectivity index (χ2n) is 3.93. The Morgan fingerprint density at radius 1 is 1.50 bits per heavy atom. The molecule has 3 atom stereocenters. The molecule has 0 saturated heterocycles. The van der Waals surface area contributed by atoms with E-state index in [0.29, 0.717) is 25.7 Å². The molecule has 5 nitrogen and oxygen atoms in total. The van der Waals surface area contributed by atoms with Gasteiger partial charge in [-0.2, -0.15) is 0 Å². The molecule has 0 aromatic heterocycles. The lowest BCUT2D eigenvalue weighted by Crippen LogP contribution is -2.35. The lowest BCUT2D eigenvalue weighted by atomic mass is 10.0. The van der Waals surface area contributed by atoms with E-state index in [9.17, 15) is 14.7 Å². The van der Waals surface area contributed by atoms with E-state index in [1.807, 2.05) is 6.92 Å². The summed E-state index contributed by atoms with van der Waals surface area (Å²) in [6, 6.07) is -0.165. The van der Waals surface area contributed by atoms with E-state index < -0.39 is 6.10 Å². The van der Waals surface area contributed by atoms with Crippen LogP contribution in [0.15, 0.2) is 0 Å². The quantitative estimate of drug-likeness (QED) is 0.474. The molecule has 0 heterocycles. The number of nitrogens with one attached hydrogen (secondary N) is 1. The van der Waals surface area contributed by atoms with Gasteiger partial charge in [-0.05, 0) is 19.8 Å². The van der Waals surface area contributed by atoms with Crippen LogP contribution >= 0.6 is 0 Å². The fraction of sp³-hybridized carbons (Fsp3) is 0.818. The summed E-state index contributed by atoms with van der Waals surface area (Å²) in [6.45, 7) is 4.98. The van der Waals surface area contributed by atoms with Gasteiger partial charge in [-0.25, -0.2) is 0 Å². The predicted molar refractivity (Wildman–Crippen MR) is 59.7 cm³/mol. The highest BCUT2D eigenvalue weighted by atomic mass is 16.5. The number of ether oxygens (including phenoxy) is 1. The molecule has 3 unspecified atom stereocenters. The van der Waals surface area contributed by atoms with Crippen LogP contribution < -0.4 is 5.32 Å². The third-order valence-corrected chi connectivity index (χ3v) is 2.32. The van der Waals surface area contributed by atoms with Crippen molar-refractivity contribution in [3.63, 3.8) is 0 Å². The number of carbonyl (C=O) groups excluding carboxylic acids is 2. The van der Waals surface area contributed by atoms with Crippen molar-refractivity contribution in [3.8, 4) is 0 Å². The summed E-state index contributed by atoms with van der Waals surface area (Å²) in [6.07, 6.45) is 1.52. The molecule has 1 amide bonds. The maximum absolute atomic E-state index is 10.7. The molecular formula is C11H21NO4. The Hall–Kier alpha value is -1.10. The van der Waals surface area contributed by atoms with Gasteiger partial charge in [0.2, 0.25) is 6.41 Å². The van der Waals surface area contributed by atoms with Gasteiger partial charge >= 0.3 is 5.97 Å². The average Bonchev–Trinajstić information content (AvgIpc) is 2.16. The third-order valence-electron chi connectivity index (χ3n) is 2.32. The summed E-state index contributed by atoms with van der Waals surface area (Å²) >= 11 is 0. The molecule has 0 spiro atoms. The maximum atomic E-state index is 10.7. The van der Waals surface area contributed by atoms with Crippen molar-refractivity contribution in [2.24, 2.45) is 0 Å². The minimum atomic E-state index is -0.443. The third kappa shape index (κ3) is 7.23. The smallest absolute Gasteiger partial charge is 0.302 e.